The molecular formula is C7H4INS. The quantitative estimate of drug-likeness (QED) is 0.430. The van der Waals surface area contributed by atoms with Gasteiger partial charge in [0.15, 0.2) is 0 Å². The molecule has 0 N–H and O–H groups in total. The third-order valence-corrected chi connectivity index (χ3v) is 1.81. The Balaban J connectivity index is 3.00. The molecule has 1 aromatic carbocycles. The Bertz CT molecular complexity index is 261. The first-order valence-electron chi connectivity index (χ1n) is 2.66. The summed E-state index contributed by atoms with van der Waals surface area (Å²) in [5.74, 6) is 0. The van der Waals surface area contributed by atoms with Crippen molar-refractivity contribution < 1.29 is 0 Å². The van der Waals surface area contributed by atoms with Gasteiger partial charge in [0.05, 0.1) is 10.8 Å². The Morgan fingerprint density at radius 3 is 2.40 bits per heavy atom. The van der Waals surface area contributed by atoms with Crippen LogP contribution in [0.3, 0.4) is 0 Å². The SMILES string of the molecule is S=C=Nc1ccc(I)cc1. The molecule has 0 atom stereocenters. The molecule has 0 aliphatic rings. The highest BCUT2D eigenvalue weighted by Gasteiger charge is 1.85. The Morgan fingerprint density at radius 1 is 1.30 bits per heavy atom. The van der Waals surface area contributed by atoms with Gasteiger partial charge in [0.2, 0.25) is 0 Å². The highest BCUT2D eigenvalue weighted by Crippen LogP contribution is 2.12. The topological polar surface area (TPSA) is 12.4 Å². The van der Waals surface area contributed by atoms with Gasteiger partial charge in [0, 0.05) is 3.57 Å². The molecule has 0 saturated heterocycles. The number of aliphatic imine (C=N–C) groups is 1. The van der Waals surface area contributed by atoms with Crippen molar-refractivity contribution in [2.75, 3.05) is 0 Å². The predicted molar refractivity (Wildman–Crippen MR) is 53.8 cm³/mol. The van der Waals surface area contributed by atoms with Crippen LogP contribution in [-0.4, -0.2) is 5.16 Å². The Labute approximate surface area is 78.3 Å². The molecule has 50 valence electrons. The third kappa shape index (κ3) is 2.17. The van der Waals surface area contributed by atoms with Crippen molar-refractivity contribution in [3.8, 4) is 0 Å². The lowest BCUT2D eigenvalue weighted by molar-refractivity contribution is 1.53. The number of nitrogens with zero attached hydrogens (tertiary/aromatic N) is 1. The second kappa shape index (κ2) is 3.81. The summed E-state index contributed by atoms with van der Waals surface area (Å²) in [6.07, 6.45) is 0. The molecule has 1 rings (SSSR count). The minimum absolute atomic E-state index is 0.857. The zero-order valence-electron chi connectivity index (χ0n) is 5.04. The molecule has 0 unspecified atom stereocenters. The van der Waals surface area contributed by atoms with Gasteiger partial charge in [-0.2, -0.15) is 4.99 Å². The Hall–Kier alpha value is -0.250. The van der Waals surface area contributed by atoms with Gasteiger partial charge in [-0.05, 0) is 59.1 Å². The summed E-state index contributed by atoms with van der Waals surface area (Å²) in [6.45, 7) is 0. The van der Waals surface area contributed by atoms with Crippen molar-refractivity contribution in [3.63, 3.8) is 0 Å². The summed E-state index contributed by atoms with van der Waals surface area (Å²) in [7, 11) is 0. The first-order valence-corrected chi connectivity index (χ1v) is 4.15. The normalized spacial score (nSPS) is 8.50. The van der Waals surface area contributed by atoms with Gasteiger partial charge >= 0.3 is 0 Å². The lowest BCUT2D eigenvalue weighted by atomic mass is 10.3. The fraction of sp³-hybridized carbons (Fsp3) is 0. The van der Waals surface area contributed by atoms with E-state index in [2.05, 4.69) is 45.0 Å². The van der Waals surface area contributed by atoms with Crippen molar-refractivity contribution in [1.29, 1.82) is 0 Å². The molecule has 0 aliphatic carbocycles. The molecule has 0 bridgehead atoms. The predicted octanol–water partition coefficient (Wildman–Crippen LogP) is 3.03. The van der Waals surface area contributed by atoms with Crippen molar-refractivity contribution in [3.05, 3.63) is 27.8 Å². The second-order valence-electron chi connectivity index (χ2n) is 1.68. The lowest BCUT2D eigenvalue weighted by Gasteiger charge is -1.88. The highest BCUT2D eigenvalue weighted by molar-refractivity contribution is 14.1. The maximum absolute atomic E-state index is 4.45. The van der Waals surface area contributed by atoms with Crippen LogP contribution in [0.15, 0.2) is 29.3 Å². The second-order valence-corrected chi connectivity index (χ2v) is 3.11. The van der Waals surface area contributed by atoms with Gasteiger partial charge in [0.1, 0.15) is 0 Å². The van der Waals surface area contributed by atoms with Crippen molar-refractivity contribution in [1.82, 2.24) is 0 Å². The van der Waals surface area contributed by atoms with Crippen LogP contribution in [0.25, 0.3) is 0 Å². The minimum Gasteiger partial charge on any atom is -0.195 e. The Morgan fingerprint density at radius 2 is 1.90 bits per heavy atom. The molecule has 0 amide bonds. The fourth-order valence-electron chi connectivity index (χ4n) is 0.568. The van der Waals surface area contributed by atoms with Crippen LogP contribution >= 0.6 is 34.8 Å². The number of isothiocyanates is 1. The molecule has 0 heterocycles. The average Bonchev–Trinajstić information content (AvgIpc) is 1.95. The van der Waals surface area contributed by atoms with Gasteiger partial charge in [-0.1, -0.05) is 0 Å². The first-order chi connectivity index (χ1) is 4.83. The summed E-state index contributed by atoms with van der Waals surface area (Å²) in [5, 5.41) is 2.31. The zero-order valence-corrected chi connectivity index (χ0v) is 8.02. The van der Waals surface area contributed by atoms with Crippen LogP contribution in [-0.2, 0) is 0 Å². The lowest BCUT2D eigenvalue weighted by Crippen LogP contribution is -1.66. The molecule has 0 radical (unpaired) electrons. The molecule has 1 nitrogen and oxygen atoms in total. The number of hydrogen-bond acceptors (Lipinski definition) is 2. The average molecular weight is 261 g/mol. The molecular weight excluding hydrogens is 257 g/mol. The van der Waals surface area contributed by atoms with E-state index in [1.54, 1.807) is 0 Å². The van der Waals surface area contributed by atoms with E-state index in [-0.39, 0.29) is 0 Å². The van der Waals surface area contributed by atoms with Crippen LogP contribution in [0.1, 0.15) is 0 Å². The van der Waals surface area contributed by atoms with E-state index in [0.717, 1.165) is 5.69 Å². The molecule has 10 heavy (non-hydrogen) atoms. The molecule has 0 spiro atoms. The summed E-state index contributed by atoms with van der Waals surface area (Å²) in [4.78, 5) is 3.81. The van der Waals surface area contributed by atoms with Crippen LogP contribution in [0.5, 0.6) is 0 Å². The largest absolute Gasteiger partial charge is 0.195 e. The summed E-state index contributed by atoms with van der Waals surface area (Å²) < 4.78 is 1.20. The van der Waals surface area contributed by atoms with Gasteiger partial charge in [-0.25, -0.2) is 0 Å². The smallest absolute Gasteiger partial charge is 0.0740 e. The summed E-state index contributed by atoms with van der Waals surface area (Å²) in [5.41, 5.74) is 0.857. The van der Waals surface area contributed by atoms with E-state index in [1.807, 2.05) is 24.3 Å². The van der Waals surface area contributed by atoms with Gasteiger partial charge < -0.3 is 0 Å². The maximum Gasteiger partial charge on any atom is 0.0740 e. The van der Waals surface area contributed by atoms with E-state index in [4.69, 9.17) is 0 Å². The summed E-state index contributed by atoms with van der Waals surface area (Å²) >= 11 is 6.69. The maximum atomic E-state index is 4.45. The third-order valence-electron chi connectivity index (χ3n) is 1.00. The monoisotopic (exact) mass is 261 g/mol. The number of rotatable bonds is 1. The standard InChI is InChI=1S/C7H4INS/c8-6-1-3-7(4-2-6)9-5-10/h1-4H. The summed E-state index contributed by atoms with van der Waals surface area (Å²) in [6, 6.07) is 7.76. The molecule has 0 saturated carbocycles. The first kappa shape index (κ1) is 7.85. The van der Waals surface area contributed by atoms with E-state index in [1.165, 1.54) is 3.57 Å². The molecule has 1 aromatic rings. The van der Waals surface area contributed by atoms with Crippen molar-refractivity contribution in [2.24, 2.45) is 4.99 Å². The van der Waals surface area contributed by atoms with Gasteiger partial charge in [-0.15, -0.1) is 0 Å². The van der Waals surface area contributed by atoms with Crippen LogP contribution in [0.4, 0.5) is 5.69 Å². The van der Waals surface area contributed by atoms with Crippen LogP contribution in [0.2, 0.25) is 0 Å². The number of halogens is 1. The van der Waals surface area contributed by atoms with Crippen LogP contribution in [0, 0.1) is 3.57 Å². The Kier molecular flexibility index (Phi) is 2.99. The molecule has 0 aliphatic heterocycles. The van der Waals surface area contributed by atoms with E-state index in [9.17, 15) is 0 Å². The highest BCUT2D eigenvalue weighted by atomic mass is 127. The number of benzene rings is 1. The molecule has 0 fully saturated rings. The van der Waals surface area contributed by atoms with E-state index < -0.39 is 0 Å². The van der Waals surface area contributed by atoms with Crippen molar-refractivity contribution >= 4 is 45.7 Å². The fourth-order valence-corrected chi connectivity index (χ4v) is 1.03. The van der Waals surface area contributed by atoms with Crippen LogP contribution < -0.4 is 0 Å². The minimum atomic E-state index is 0.857. The van der Waals surface area contributed by atoms with Gasteiger partial charge in [0.25, 0.3) is 0 Å². The molecule has 0 aromatic heterocycles. The van der Waals surface area contributed by atoms with E-state index in [0.29, 0.717) is 0 Å². The molecule has 3 heteroatoms. The van der Waals surface area contributed by atoms with E-state index >= 15 is 0 Å². The number of thiocarbonyl (C=S) groups is 1. The number of hydrogen-bond donors (Lipinski definition) is 0. The van der Waals surface area contributed by atoms with Crippen molar-refractivity contribution in [2.45, 2.75) is 0 Å². The zero-order chi connectivity index (χ0) is 7.40. The van der Waals surface area contributed by atoms with Gasteiger partial charge in [-0.3, -0.25) is 0 Å².